The Kier molecular flexibility index (Phi) is 4.13. The van der Waals surface area contributed by atoms with Crippen molar-refractivity contribution < 1.29 is 9.32 Å². The Balaban J connectivity index is 1.95. The van der Waals surface area contributed by atoms with E-state index in [0.717, 1.165) is 48.1 Å². The molecule has 0 aliphatic carbocycles. The number of hydrogen-bond donors (Lipinski definition) is 1. The second-order valence-corrected chi connectivity index (χ2v) is 6.88. The molecule has 0 saturated carbocycles. The second kappa shape index (κ2) is 6.42. The number of para-hydroxylation sites is 1. The molecule has 1 N–H and O–H groups in total. The van der Waals surface area contributed by atoms with Crippen molar-refractivity contribution in [2.75, 3.05) is 33.2 Å². The lowest BCUT2D eigenvalue weighted by Crippen LogP contribution is -3.12. The van der Waals surface area contributed by atoms with E-state index in [1.807, 2.05) is 36.4 Å². The molecule has 2 aromatic carbocycles. The third-order valence-electron chi connectivity index (χ3n) is 4.74. The molecule has 4 heteroatoms. The van der Waals surface area contributed by atoms with E-state index in [0.29, 0.717) is 0 Å². The Hall–Kier alpha value is -2.10. The van der Waals surface area contributed by atoms with Crippen molar-refractivity contribution in [1.29, 1.82) is 0 Å². The Morgan fingerprint density at radius 2 is 1.71 bits per heavy atom. The van der Waals surface area contributed by atoms with Crippen molar-refractivity contribution >= 4 is 22.6 Å². The zero-order valence-corrected chi connectivity index (χ0v) is 14.5. The van der Waals surface area contributed by atoms with Crippen LogP contribution in [0.1, 0.15) is 0 Å². The minimum Gasteiger partial charge on any atom is -0.456 e. The Labute approximate surface area is 146 Å². The smallest absolute Gasteiger partial charge is 0.215 e. The van der Waals surface area contributed by atoms with Gasteiger partial charge in [0, 0.05) is 10.6 Å². The number of nitrogens with one attached hydrogen (secondary N) is 1. The summed E-state index contributed by atoms with van der Waals surface area (Å²) in [6.45, 7) is 4.47. The number of hydrogen-bond acceptors (Lipinski definition) is 1. The van der Waals surface area contributed by atoms with Gasteiger partial charge in [-0.05, 0) is 36.4 Å². The third-order valence-corrected chi connectivity index (χ3v) is 4.99. The van der Waals surface area contributed by atoms with Crippen molar-refractivity contribution in [2.24, 2.45) is 0 Å². The van der Waals surface area contributed by atoms with Gasteiger partial charge in [-0.25, -0.2) is 4.58 Å². The summed E-state index contributed by atoms with van der Waals surface area (Å²) >= 11 is 6.02. The molecule has 0 atom stereocenters. The first-order chi connectivity index (χ1) is 11.7. The molecule has 1 aliphatic heterocycles. The molecule has 24 heavy (non-hydrogen) atoms. The highest BCUT2D eigenvalue weighted by Crippen LogP contribution is 2.23. The lowest BCUT2D eigenvalue weighted by atomic mass is 10.1. The molecule has 0 spiro atoms. The molecule has 1 fully saturated rings. The lowest BCUT2D eigenvalue weighted by Gasteiger charge is -2.18. The summed E-state index contributed by atoms with van der Waals surface area (Å²) in [5, 5.41) is 3.17. The Bertz CT molecular complexity index is 934. The summed E-state index contributed by atoms with van der Waals surface area (Å²) in [6, 6.07) is 18.3. The topological polar surface area (TPSA) is 20.6 Å². The van der Waals surface area contributed by atoms with Gasteiger partial charge in [0.25, 0.3) is 0 Å². The van der Waals surface area contributed by atoms with E-state index in [-0.39, 0.29) is 0 Å². The standard InChI is InChI=1S/C20H20ClN2O/c1-22-10-12-23(13-11-22)18-14-20(15-6-8-16(21)9-7-15)24-19-5-3-2-4-17(18)19/h2-9,14H,10-13H2,1H3/q+1/p+1. The van der Waals surface area contributed by atoms with Gasteiger partial charge in [-0.2, -0.15) is 0 Å². The molecule has 3 aromatic rings. The summed E-state index contributed by atoms with van der Waals surface area (Å²) in [5.74, 6) is 0.881. The average Bonchev–Trinajstić information content (AvgIpc) is 2.62. The summed E-state index contributed by atoms with van der Waals surface area (Å²) < 4.78 is 8.64. The monoisotopic (exact) mass is 340 g/mol. The molecular weight excluding hydrogens is 320 g/mol. The van der Waals surface area contributed by atoms with E-state index >= 15 is 0 Å². The van der Waals surface area contributed by atoms with E-state index in [1.165, 1.54) is 10.7 Å². The third kappa shape index (κ3) is 2.97. The van der Waals surface area contributed by atoms with Crippen molar-refractivity contribution in [2.45, 2.75) is 0 Å². The van der Waals surface area contributed by atoms with E-state index in [9.17, 15) is 0 Å². The molecule has 0 amide bonds. The number of rotatable bonds is 1. The minimum atomic E-state index is 0.738. The minimum absolute atomic E-state index is 0.738. The van der Waals surface area contributed by atoms with Gasteiger partial charge in [-0.3, -0.25) is 0 Å². The molecule has 1 saturated heterocycles. The van der Waals surface area contributed by atoms with Gasteiger partial charge < -0.3 is 9.32 Å². The van der Waals surface area contributed by atoms with Crippen molar-refractivity contribution in [3.63, 3.8) is 0 Å². The molecule has 1 aliphatic rings. The maximum atomic E-state index is 6.17. The molecule has 4 rings (SSSR count). The van der Waals surface area contributed by atoms with Gasteiger partial charge >= 0.3 is 0 Å². The molecule has 122 valence electrons. The largest absolute Gasteiger partial charge is 0.456 e. The number of quaternary nitrogens is 1. The van der Waals surface area contributed by atoms with Crippen LogP contribution in [0, 0.1) is 0 Å². The van der Waals surface area contributed by atoms with Gasteiger partial charge in [0.05, 0.1) is 18.5 Å². The fourth-order valence-electron chi connectivity index (χ4n) is 3.26. The number of halogens is 1. The van der Waals surface area contributed by atoms with E-state index < -0.39 is 0 Å². The number of likely N-dealkylation sites (N-methyl/N-ethyl adjacent to an activating group) is 1. The summed E-state index contributed by atoms with van der Waals surface area (Å²) in [7, 11) is 2.26. The van der Waals surface area contributed by atoms with Crippen molar-refractivity contribution in [3.8, 4) is 11.3 Å². The second-order valence-electron chi connectivity index (χ2n) is 6.44. The molecule has 2 heterocycles. The summed E-state index contributed by atoms with van der Waals surface area (Å²) in [5.41, 5.74) is 1.97. The Morgan fingerprint density at radius 1 is 1.00 bits per heavy atom. The molecule has 0 radical (unpaired) electrons. The maximum absolute atomic E-state index is 6.17. The van der Waals surface area contributed by atoms with Crippen molar-refractivity contribution in [3.05, 3.63) is 65.0 Å². The van der Waals surface area contributed by atoms with Crippen LogP contribution in [0.5, 0.6) is 0 Å². The molecule has 0 unspecified atom stereocenters. The fraction of sp³-hybridized carbons (Fsp3) is 0.250. The van der Waals surface area contributed by atoms with E-state index in [2.05, 4.69) is 29.8 Å². The molecule has 3 nitrogen and oxygen atoms in total. The number of benzene rings is 2. The van der Waals surface area contributed by atoms with E-state index in [4.69, 9.17) is 16.0 Å². The number of piperazine rings is 1. The SMILES string of the molecule is C[NH+]1CC[N+](=c2cc(-c3ccc(Cl)cc3)oc3ccccc23)CC1. The van der Waals surface area contributed by atoms with Crippen LogP contribution in [-0.2, 0) is 0 Å². The fourth-order valence-corrected chi connectivity index (χ4v) is 3.39. The van der Waals surface area contributed by atoms with Crippen LogP contribution in [0.15, 0.2) is 59.0 Å². The van der Waals surface area contributed by atoms with E-state index in [1.54, 1.807) is 4.90 Å². The van der Waals surface area contributed by atoms with Crippen LogP contribution in [0.3, 0.4) is 0 Å². The van der Waals surface area contributed by atoms with Gasteiger partial charge in [-0.1, -0.05) is 23.7 Å². The first-order valence-electron chi connectivity index (χ1n) is 8.39. The molecule has 0 bridgehead atoms. The lowest BCUT2D eigenvalue weighted by molar-refractivity contribution is -0.882. The highest BCUT2D eigenvalue weighted by molar-refractivity contribution is 6.30. The number of nitrogens with zero attached hydrogens (tertiary/aromatic N) is 1. The highest BCUT2D eigenvalue weighted by Gasteiger charge is 2.20. The summed E-state index contributed by atoms with van der Waals surface area (Å²) in [4.78, 5) is 1.59. The first-order valence-corrected chi connectivity index (χ1v) is 8.76. The average molecular weight is 341 g/mol. The highest BCUT2D eigenvalue weighted by atomic mass is 35.5. The van der Waals surface area contributed by atoms with Crippen LogP contribution in [0.25, 0.3) is 22.3 Å². The first kappa shape index (κ1) is 15.4. The van der Waals surface area contributed by atoms with Gasteiger partial charge in [-0.15, -0.1) is 0 Å². The van der Waals surface area contributed by atoms with Crippen LogP contribution < -0.4 is 14.8 Å². The van der Waals surface area contributed by atoms with Crippen LogP contribution in [0.2, 0.25) is 5.02 Å². The molecule has 1 aromatic heterocycles. The Morgan fingerprint density at radius 3 is 2.46 bits per heavy atom. The van der Waals surface area contributed by atoms with Crippen LogP contribution in [-0.4, -0.2) is 33.2 Å². The van der Waals surface area contributed by atoms with Gasteiger partial charge in [0.1, 0.15) is 24.4 Å². The zero-order chi connectivity index (χ0) is 16.5. The van der Waals surface area contributed by atoms with Gasteiger partial charge in [0.2, 0.25) is 5.36 Å². The predicted molar refractivity (Wildman–Crippen MR) is 98.3 cm³/mol. The van der Waals surface area contributed by atoms with Crippen molar-refractivity contribution in [1.82, 2.24) is 4.58 Å². The molecular formula is C20H21ClN2O+2. The quantitative estimate of drug-likeness (QED) is 0.672. The normalized spacial score (nSPS) is 18.1. The zero-order valence-electron chi connectivity index (χ0n) is 13.8. The predicted octanol–water partition coefficient (Wildman–Crippen LogP) is 2.05. The van der Waals surface area contributed by atoms with Gasteiger partial charge in [0.15, 0.2) is 13.1 Å². The van der Waals surface area contributed by atoms with Crippen LogP contribution >= 0.6 is 11.6 Å². The summed E-state index contributed by atoms with van der Waals surface area (Å²) in [6.07, 6.45) is 0. The van der Waals surface area contributed by atoms with Crippen LogP contribution in [0.4, 0.5) is 0 Å². The number of fused-ring (bicyclic) bond motifs is 1. The maximum Gasteiger partial charge on any atom is 0.215 e.